The van der Waals surface area contributed by atoms with Crippen LogP contribution >= 0.6 is 0 Å². The summed E-state index contributed by atoms with van der Waals surface area (Å²) in [6.45, 7) is 8.13. The second-order valence-corrected chi connectivity index (χ2v) is 21.8. The highest BCUT2D eigenvalue weighted by Crippen LogP contribution is 2.69. The van der Waals surface area contributed by atoms with Crippen LogP contribution in [0.1, 0.15) is 152 Å². The summed E-state index contributed by atoms with van der Waals surface area (Å²) >= 11 is 0. The summed E-state index contributed by atoms with van der Waals surface area (Å²) in [6, 6.07) is 27.6. The maximum atomic E-state index is 12.3. The molecule has 4 aromatic rings. The Hall–Kier alpha value is -4.15. The maximum absolute atomic E-state index is 12.3. The van der Waals surface area contributed by atoms with Crippen molar-refractivity contribution in [2.75, 3.05) is 0 Å². The number of benzene rings is 4. The summed E-state index contributed by atoms with van der Waals surface area (Å²) in [5.74, 6) is 4.21. The fraction of sp³-hybridized carbons (Fsp3) is 0.545. The molecule has 1 aliphatic heterocycles. The molecule has 0 radical (unpaired) electrons. The normalized spacial score (nSPS) is 38.6. The summed E-state index contributed by atoms with van der Waals surface area (Å²) in [5, 5.41) is 53.8. The lowest BCUT2D eigenvalue weighted by Crippen LogP contribution is -2.49. The Bertz CT molecular complexity index is 2470. The summed E-state index contributed by atoms with van der Waals surface area (Å²) in [4.78, 5) is 0. The van der Waals surface area contributed by atoms with Crippen molar-refractivity contribution in [2.45, 2.75) is 147 Å². The van der Waals surface area contributed by atoms with Crippen LogP contribution in [-0.4, -0.2) is 20.4 Å². The fourth-order valence-electron chi connectivity index (χ4n) is 15.7. The molecule has 4 saturated carbocycles. The van der Waals surface area contributed by atoms with Crippen LogP contribution in [0.3, 0.4) is 0 Å². The van der Waals surface area contributed by atoms with E-state index in [9.17, 15) is 25.7 Å². The molecule has 11 atom stereocenters. The number of fused-ring (bicyclic) bond motifs is 12. The first-order valence-electron chi connectivity index (χ1n) is 23.6. The van der Waals surface area contributed by atoms with Gasteiger partial charge in [0.25, 0.3) is 0 Å². The minimum absolute atomic E-state index is 0.0731. The summed E-state index contributed by atoms with van der Waals surface area (Å²) in [7, 11) is 0. The SMILES string of the molecule is CC1(C#N)Cc2ccc([C@]3(O)CC[C@H]4[C@@H]5CCc6cc(O)ccc6[C@H]5CC[C@@]43C)cc2C1.C[C@]12CC[C@@H]3c4ccc(O)cc4CC[C@H]3[C@@H]1CC[C@@]2(O)c1ccc2c(c1)COC2. The van der Waals surface area contributed by atoms with Gasteiger partial charge in [0.15, 0.2) is 0 Å². The van der Waals surface area contributed by atoms with Crippen LogP contribution in [0.5, 0.6) is 11.5 Å². The van der Waals surface area contributed by atoms with Crippen LogP contribution in [0.2, 0.25) is 0 Å². The molecular weight excluding hydrogens is 755 g/mol. The number of phenols is 2. The zero-order valence-electron chi connectivity index (χ0n) is 36.4. The number of aryl methyl sites for hydroxylation is 2. The molecule has 0 spiro atoms. The van der Waals surface area contributed by atoms with Crippen molar-refractivity contribution in [2.24, 2.45) is 39.9 Å². The minimum Gasteiger partial charge on any atom is -0.508 e. The van der Waals surface area contributed by atoms with Gasteiger partial charge in [-0.25, -0.2) is 0 Å². The van der Waals surface area contributed by atoms with Crippen LogP contribution in [0.15, 0.2) is 72.8 Å². The quantitative estimate of drug-likeness (QED) is 0.160. The summed E-state index contributed by atoms with van der Waals surface area (Å²) in [5.41, 5.74) is 10.7. The lowest BCUT2D eigenvalue weighted by atomic mass is 9.52. The highest BCUT2D eigenvalue weighted by molar-refractivity contribution is 5.45. The van der Waals surface area contributed by atoms with E-state index in [0.717, 1.165) is 94.6 Å². The standard InChI is InChI=1S/C29H33NO2.C26H30O3/c1-27(17-30)15-19-3-5-21(13-20(19)16-27)29(32)12-10-26-25-7-4-18-14-22(31)6-8-23(18)24(25)9-11-28(26,29)2;1-25-10-8-22-21-7-5-20(27)13-16(21)3-6-23(22)24(25)9-11-26(25,28)19-4-2-17-14-29-15-18(17)12-19/h3,5-6,8,13-14,24-26,31-32H,4,7,9-12,15-16H2,1-2H3;2,4-5,7,12-13,22-24,27-28H,3,6,8-11,14-15H2,1H3/t24-,25-,26+,27?,28+,29-;22-,23-,24+,25+,26-/m11/s1. The molecule has 1 unspecified atom stereocenters. The van der Waals surface area contributed by atoms with Crippen molar-refractivity contribution in [3.8, 4) is 17.6 Å². The predicted molar refractivity (Wildman–Crippen MR) is 236 cm³/mol. The third-order valence-corrected chi connectivity index (χ3v) is 19.0. The van der Waals surface area contributed by atoms with Crippen LogP contribution in [0, 0.1) is 51.2 Å². The van der Waals surface area contributed by atoms with Crippen molar-refractivity contribution in [3.05, 3.63) is 128 Å². The minimum atomic E-state index is -0.793. The largest absolute Gasteiger partial charge is 0.508 e. The Balaban J connectivity index is 0.000000138. The lowest BCUT2D eigenvalue weighted by molar-refractivity contribution is -0.108. The first kappa shape index (κ1) is 39.7. The van der Waals surface area contributed by atoms with Crippen molar-refractivity contribution in [1.82, 2.24) is 0 Å². The monoisotopic (exact) mass is 817 g/mol. The third kappa shape index (κ3) is 5.82. The molecule has 7 aliphatic carbocycles. The number of rotatable bonds is 2. The number of hydrogen-bond acceptors (Lipinski definition) is 6. The number of nitriles is 1. The molecule has 1 heterocycles. The predicted octanol–water partition coefficient (Wildman–Crippen LogP) is 10.9. The first-order valence-corrected chi connectivity index (χ1v) is 23.6. The highest BCUT2D eigenvalue weighted by atomic mass is 16.5. The van der Waals surface area contributed by atoms with Gasteiger partial charge in [-0.15, -0.1) is 0 Å². The van der Waals surface area contributed by atoms with Gasteiger partial charge in [0.1, 0.15) is 11.5 Å². The number of nitrogens with zero attached hydrogens (tertiary/aromatic N) is 1. The molecule has 12 rings (SSSR count). The molecule has 6 heteroatoms. The molecule has 8 aliphatic rings. The van der Waals surface area contributed by atoms with Crippen molar-refractivity contribution in [3.63, 3.8) is 0 Å². The molecule has 0 saturated heterocycles. The number of hydrogen-bond donors (Lipinski definition) is 4. The van der Waals surface area contributed by atoms with Gasteiger partial charge in [-0.1, -0.05) is 62.4 Å². The molecule has 4 fully saturated rings. The second kappa shape index (κ2) is 13.9. The molecule has 318 valence electrons. The van der Waals surface area contributed by atoms with Gasteiger partial charge in [-0.2, -0.15) is 5.26 Å². The molecule has 6 nitrogen and oxygen atoms in total. The van der Waals surface area contributed by atoms with Gasteiger partial charge < -0.3 is 25.2 Å². The Morgan fingerprint density at radius 3 is 1.57 bits per heavy atom. The Kier molecular flexibility index (Phi) is 9.06. The molecule has 61 heavy (non-hydrogen) atoms. The van der Waals surface area contributed by atoms with Gasteiger partial charge in [0.2, 0.25) is 0 Å². The van der Waals surface area contributed by atoms with Crippen LogP contribution in [-0.2, 0) is 54.8 Å². The van der Waals surface area contributed by atoms with Gasteiger partial charge in [-0.3, -0.25) is 0 Å². The van der Waals surface area contributed by atoms with Crippen LogP contribution < -0.4 is 0 Å². The Morgan fingerprint density at radius 2 is 1.03 bits per heavy atom. The average Bonchev–Trinajstić information content (AvgIpc) is 4.01. The van der Waals surface area contributed by atoms with Gasteiger partial charge in [0, 0.05) is 10.8 Å². The fourth-order valence-corrected chi connectivity index (χ4v) is 15.7. The number of aliphatic hydroxyl groups is 2. The van der Waals surface area contributed by atoms with E-state index in [0.29, 0.717) is 60.2 Å². The number of phenolic OH excluding ortho intramolecular Hbond substituents is 2. The van der Waals surface area contributed by atoms with Crippen molar-refractivity contribution >= 4 is 0 Å². The zero-order chi connectivity index (χ0) is 42.1. The maximum Gasteiger partial charge on any atom is 0.115 e. The van der Waals surface area contributed by atoms with E-state index in [1.54, 1.807) is 0 Å². The highest BCUT2D eigenvalue weighted by Gasteiger charge is 2.63. The summed E-state index contributed by atoms with van der Waals surface area (Å²) in [6.07, 6.45) is 14.2. The third-order valence-electron chi connectivity index (χ3n) is 19.0. The summed E-state index contributed by atoms with van der Waals surface area (Å²) < 4.78 is 5.61. The molecular formula is C55H63NO5. The number of aromatic hydroxyl groups is 2. The Labute approximate surface area is 362 Å². The second-order valence-electron chi connectivity index (χ2n) is 21.8. The van der Waals surface area contributed by atoms with Crippen molar-refractivity contribution in [1.29, 1.82) is 5.26 Å². The topological polar surface area (TPSA) is 114 Å². The van der Waals surface area contributed by atoms with E-state index in [4.69, 9.17) is 4.74 Å². The molecule has 0 aromatic heterocycles. The molecule has 0 bridgehead atoms. The zero-order valence-corrected chi connectivity index (χ0v) is 36.4. The van der Waals surface area contributed by atoms with E-state index in [1.165, 1.54) is 50.9 Å². The molecule has 4 aromatic carbocycles. The van der Waals surface area contributed by atoms with E-state index >= 15 is 0 Å². The van der Waals surface area contributed by atoms with Gasteiger partial charge in [-0.05, 0) is 212 Å². The van der Waals surface area contributed by atoms with E-state index in [2.05, 4.69) is 75.4 Å². The molecule has 0 amide bonds. The first-order chi connectivity index (χ1) is 29.3. The smallest absolute Gasteiger partial charge is 0.115 e. The van der Waals surface area contributed by atoms with E-state index < -0.39 is 11.2 Å². The van der Waals surface area contributed by atoms with Crippen LogP contribution in [0.25, 0.3) is 0 Å². The lowest BCUT2D eigenvalue weighted by Gasteiger charge is -2.53. The van der Waals surface area contributed by atoms with Crippen LogP contribution in [0.4, 0.5) is 0 Å². The Morgan fingerprint density at radius 1 is 0.541 bits per heavy atom. The van der Waals surface area contributed by atoms with E-state index in [1.807, 2.05) is 24.3 Å². The van der Waals surface area contributed by atoms with E-state index in [-0.39, 0.29) is 16.2 Å². The van der Waals surface area contributed by atoms with Gasteiger partial charge in [0.05, 0.1) is 35.9 Å². The number of ether oxygens (including phenoxy) is 1. The van der Waals surface area contributed by atoms with Gasteiger partial charge >= 0.3 is 0 Å². The average molecular weight is 818 g/mol. The molecule has 4 N–H and O–H groups in total. The van der Waals surface area contributed by atoms with Crippen molar-refractivity contribution < 1.29 is 25.2 Å².